The van der Waals surface area contributed by atoms with Gasteiger partial charge in [0.05, 0.1) is 6.04 Å². The Labute approximate surface area is 124 Å². The number of benzene rings is 1. The largest absolute Gasteiger partial charge is 0.354 e. The summed E-state index contributed by atoms with van der Waals surface area (Å²) in [4.78, 5) is 25.1. The smallest absolute Gasteiger partial charge is 0.318 e. The lowest BCUT2D eigenvalue weighted by atomic mass is 10.0. The molecule has 0 radical (unpaired) electrons. The van der Waals surface area contributed by atoms with Gasteiger partial charge in [-0.05, 0) is 12.0 Å². The van der Waals surface area contributed by atoms with E-state index < -0.39 is 0 Å². The van der Waals surface area contributed by atoms with Crippen LogP contribution in [0.3, 0.4) is 0 Å². The normalized spacial score (nSPS) is 18.6. The number of urea groups is 1. The molecule has 6 heteroatoms. The van der Waals surface area contributed by atoms with Crippen molar-refractivity contribution in [3.63, 3.8) is 0 Å². The molecule has 1 unspecified atom stereocenters. The van der Waals surface area contributed by atoms with Crippen LogP contribution in [0.5, 0.6) is 0 Å². The number of hydrogen-bond acceptors (Lipinski definition) is 3. The van der Waals surface area contributed by atoms with Crippen molar-refractivity contribution in [1.29, 1.82) is 0 Å². The topological polar surface area (TPSA) is 61.4 Å². The number of nitrogens with zero attached hydrogens (tertiary/aromatic N) is 1. The Morgan fingerprint density at radius 1 is 1.40 bits per heavy atom. The molecule has 1 saturated heterocycles. The summed E-state index contributed by atoms with van der Waals surface area (Å²) in [6.45, 7) is 1.20. The molecule has 2 rings (SSSR count). The van der Waals surface area contributed by atoms with E-state index in [1.807, 2.05) is 30.3 Å². The Hall–Kier alpha value is -1.69. The van der Waals surface area contributed by atoms with E-state index in [2.05, 4.69) is 23.3 Å². The van der Waals surface area contributed by atoms with E-state index in [0.717, 1.165) is 12.0 Å². The Morgan fingerprint density at radius 3 is 2.80 bits per heavy atom. The van der Waals surface area contributed by atoms with Crippen molar-refractivity contribution in [3.8, 4) is 0 Å². The Balaban J connectivity index is 1.86. The molecule has 1 fully saturated rings. The summed E-state index contributed by atoms with van der Waals surface area (Å²) in [7, 11) is 0. The second kappa shape index (κ2) is 7.19. The number of amides is 3. The van der Waals surface area contributed by atoms with E-state index in [4.69, 9.17) is 0 Å². The highest BCUT2D eigenvalue weighted by atomic mass is 32.1. The minimum absolute atomic E-state index is 0.0282. The molecule has 0 bridgehead atoms. The molecule has 1 atom stereocenters. The first-order valence-electron chi connectivity index (χ1n) is 6.68. The summed E-state index contributed by atoms with van der Waals surface area (Å²) >= 11 is 4.02. The van der Waals surface area contributed by atoms with Crippen LogP contribution in [0.25, 0.3) is 0 Å². The number of rotatable bonds is 5. The molecule has 20 heavy (non-hydrogen) atoms. The molecule has 0 aromatic heterocycles. The third-order valence-corrected chi connectivity index (χ3v) is 3.47. The zero-order chi connectivity index (χ0) is 14.4. The third kappa shape index (κ3) is 3.90. The predicted octanol–water partition coefficient (Wildman–Crippen LogP) is 1.19. The van der Waals surface area contributed by atoms with Crippen molar-refractivity contribution >= 4 is 24.6 Å². The summed E-state index contributed by atoms with van der Waals surface area (Å²) in [5, 5.41) is 5.64. The molecule has 1 aromatic carbocycles. The average Bonchev–Trinajstić information content (AvgIpc) is 2.48. The highest BCUT2D eigenvalue weighted by molar-refractivity contribution is 7.80. The molecule has 1 aliphatic rings. The minimum Gasteiger partial charge on any atom is -0.354 e. The van der Waals surface area contributed by atoms with Crippen LogP contribution in [0.2, 0.25) is 0 Å². The van der Waals surface area contributed by atoms with Crippen LogP contribution in [0.4, 0.5) is 4.79 Å². The Morgan fingerprint density at radius 2 is 2.15 bits per heavy atom. The van der Waals surface area contributed by atoms with Gasteiger partial charge in [0.15, 0.2) is 0 Å². The lowest BCUT2D eigenvalue weighted by Crippen LogP contribution is -2.51. The summed E-state index contributed by atoms with van der Waals surface area (Å²) in [5.74, 6) is 0.445. The van der Waals surface area contributed by atoms with Crippen LogP contribution in [-0.4, -0.2) is 42.2 Å². The fourth-order valence-corrected chi connectivity index (χ4v) is 2.32. The van der Waals surface area contributed by atoms with Crippen molar-refractivity contribution in [2.24, 2.45) is 0 Å². The SMILES string of the molecule is O=C(CN1CCC(c2ccccc2)NC1=O)NCCS. The molecular weight excluding hydrogens is 274 g/mol. The van der Waals surface area contributed by atoms with Crippen LogP contribution < -0.4 is 10.6 Å². The second-order valence-corrected chi connectivity index (χ2v) is 5.14. The van der Waals surface area contributed by atoms with Gasteiger partial charge in [-0.2, -0.15) is 12.6 Å². The van der Waals surface area contributed by atoms with E-state index in [-0.39, 0.29) is 24.5 Å². The Kier molecular flexibility index (Phi) is 5.29. The maximum absolute atomic E-state index is 12.0. The fourth-order valence-electron chi connectivity index (χ4n) is 2.21. The lowest BCUT2D eigenvalue weighted by Gasteiger charge is -2.32. The first-order valence-corrected chi connectivity index (χ1v) is 7.32. The van der Waals surface area contributed by atoms with Gasteiger partial charge in [0.25, 0.3) is 0 Å². The maximum Gasteiger partial charge on any atom is 0.318 e. The zero-order valence-electron chi connectivity index (χ0n) is 11.2. The highest BCUT2D eigenvalue weighted by Crippen LogP contribution is 2.20. The van der Waals surface area contributed by atoms with E-state index in [1.165, 1.54) is 4.90 Å². The van der Waals surface area contributed by atoms with Crippen molar-refractivity contribution in [1.82, 2.24) is 15.5 Å². The third-order valence-electron chi connectivity index (χ3n) is 3.24. The second-order valence-electron chi connectivity index (χ2n) is 4.70. The average molecular weight is 293 g/mol. The van der Waals surface area contributed by atoms with Crippen LogP contribution in [0.1, 0.15) is 18.0 Å². The van der Waals surface area contributed by atoms with Crippen molar-refractivity contribution in [3.05, 3.63) is 35.9 Å². The van der Waals surface area contributed by atoms with Gasteiger partial charge >= 0.3 is 6.03 Å². The van der Waals surface area contributed by atoms with Gasteiger partial charge in [0.2, 0.25) is 5.91 Å². The predicted molar refractivity (Wildman–Crippen MR) is 80.8 cm³/mol. The number of hydrogen-bond donors (Lipinski definition) is 3. The highest BCUT2D eigenvalue weighted by Gasteiger charge is 2.26. The van der Waals surface area contributed by atoms with Crippen LogP contribution in [0, 0.1) is 0 Å². The minimum atomic E-state index is -0.189. The molecule has 2 N–H and O–H groups in total. The molecular formula is C14H19N3O2S. The Bertz CT molecular complexity index is 467. The first kappa shape index (κ1) is 14.7. The van der Waals surface area contributed by atoms with Gasteiger partial charge in [-0.15, -0.1) is 0 Å². The van der Waals surface area contributed by atoms with Gasteiger partial charge in [-0.1, -0.05) is 30.3 Å². The van der Waals surface area contributed by atoms with Gasteiger partial charge in [-0.25, -0.2) is 4.79 Å². The zero-order valence-corrected chi connectivity index (χ0v) is 12.1. The van der Waals surface area contributed by atoms with Gasteiger partial charge in [0.1, 0.15) is 6.54 Å². The van der Waals surface area contributed by atoms with Crippen LogP contribution in [-0.2, 0) is 4.79 Å². The fraction of sp³-hybridized carbons (Fsp3) is 0.429. The van der Waals surface area contributed by atoms with E-state index in [1.54, 1.807) is 0 Å². The summed E-state index contributed by atoms with van der Waals surface area (Å²) in [6.07, 6.45) is 0.801. The van der Waals surface area contributed by atoms with E-state index >= 15 is 0 Å². The molecule has 3 amide bonds. The van der Waals surface area contributed by atoms with Crippen molar-refractivity contribution in [2.75, 3.05) is 25.4 Å². The number of nitrogens with one attached hydrogen (secondary N) is 2. The van der Waals surface area contributed by atoms with E-state index in [9.17, 15) is 9.59 Å². The van der Waals surface area contributed by atoms with Gasteiger partial charge < -0.3 is 15.5 Å². The van der Waals surface area contributed by atoms with Crippen molar-refractivity contribution in [2.45, 2.75) is 12.5 Å². The van der Waals surface area contributed by atoms with Crippen LogP contribution in [0.15, 0.2) is 30.3 Å². The van der Waals surface area contributed by atoms with Crippen molar-refractivity contribution < 1.29 is 9.59 Å². The molecule has 0 spiro atoms. The number of carbonyl (C=O) groups excluding carboxylic acids is 2. The van der Waals surface area contributed by atoms with Gasteiger partial charge in [-0.3, -0.25) is 4.79 Å². The molecule has 1 heterocycles. The first-order chi connectivity index (χ1) is 9.70. The summed E-state index contributed by atoms with van der Waals surface area (Å²) in [5.41, 5.74) is 1.10. The molecule has 0 saturated carbocycles. The summed E-state index contributed by atoms with van der Waals surface area (Å²) in [6, 6.07) is 9.70. The summed E-state index contributed by atoms with van der Waals surface area (Å²) < 4.78 is 0. The maximum atomic E-state index is 12.0. The number of carbonyl (C=O) groups is 2. The van der Waals surface area contributed by atoms with E-state index in [0.29, 0.717) is 18.8 Å². The molecule has 1 aromatic rings. The standard InChI is InChI=1S/C14H19N3O2S/c18-13(15-7-9-20)10-17-8-6-12(16-14(17)19)11-4-2-1-3-5-11/h1-5,12,20H,6-10H2,(H,15,18)(H,16,19). The molecule has 108 valence electrons. The van der Waals surface area contributed by atoms with Crippen LogP contribution >= 0.6 is 12.6 Å². The molecule has 0 aliphatic carbocycles. The molecule has 1 aliphatic heterocycles. The molecule has 5 nitrogen and oxygen atoms in total. The number of thiol groups is 1. The monoisotopic (exact) mass is 293 g/mol. The quantitative estimate of drug-likeness (QED) is 0.714. The van der Waals surface area contributed by atoms with Gasteiger partial charge in [0, 0.05) is 18.8 Å². The lowest BCUT2D eigenvalue weighted by molar-refractivity contribution is -0.121.